The Kier molecular flexibility index (Phi) is 4.38. The van der Waals surface area contributed by atoms with Gasteiger partial charge in [0.2, 0.25) is 0 Å². The molecule has 0 saturated carbocycles. The third kappa shape index (κ3) is 3.38. The van der Waals surface area contributed by atoms with Crippen molar-refractivity contribution in [1.82, 2.24) is 4.98 Å². The highest BCUT2D eigenvalue weighted by Crippen LogP contribution is 2.28. The Balaban J connectivity index is 3.05. The fourth-order valence-corrected chi connectivity index (χ4v) is 1.40. The fourth-order valence-electron chi connectivity index (χ4n) is 1.08. The lowest BCUT2D eigenvalue weighted by atomic mass is 10.3. The molecule has 1 N–H and O–H groups in total. The van der Waals surface area contributed by atoms with Crippen LogP contribution in [0, 0.1) is 10.1 Å². The van der Waals surface area contributed by atoms with Gasteiger partial charge in [-0.1, -0.05) is 6.92 Å². The predicted molar refractivity (Wildman–Crippen MR) is 60.9 cm³/mol. The van der Waals surface area contributed by atoms with Crippen LogP contribution in [0.25, 0.3) is 0 Å². The molecule has 1 aromatic rings. The molecule has 0 amide bonds. The Morgan fingerprint density at radius 1 is 1.76 bits per heavy atom. The van der Waals surface area contributed by atoms with Gasteiger partial charge in [-0.15, -0.1) is 0 Å². The summed E-state index contributed by atoms with van der Waals surface area (Å²) in [5, 5.41) is 19.5. The van der Waals surface area contributed by atoms with Crippen molar-refractivity contribution in [2.45, 2.75) is 19.4 Å². The van der Waals surface area contributed by atoms with Crippen LogP contribution in [0.4, 0.5) is 5.69 Å². The number of aromatic nitrogens is 1. The SMILES string of the molecule is CCC(Oc1ncc(Br)cc1[N+](=O)[O-])C(=O)O. The molecule has 1 rings (SSSR count). The minimum absolute atomic E-state index is 0.185. The van der Waals surface area contributed by atoms with Gasteiger partial charge in [-0.05, 0) is 22.4 Å². The van der Waals surface area contributed by atoms with Crippen LogP contribution in [0.2, 0.25) is 0 Å². The zero-order valence-electron chi connectivity index (χ0n) is 8.79. The number of carboxylic acids is 1. The Morgan fingerprint density at radius 2 is 2.41 bits per heavy atom. The highest BCUT2D eigenvalue weighted by molar-refractivity contribution is 9.10. The van der Waals surface area contributed by atoms with Crippen molar-refractivity contribution < 1.29 is 19.6 Å². The molecule has 0 saturated heterocycles. The summed E-state index contributed by atoms with van der Waals surface area (Å²) in [5.41, 5.74) is -0.376. The molecular formula is C9H9BrN2O5. The van der Waals surface area contributed by atoms with E-state index in [-0.39, 0.29) is 18.0 Å². The lowest BCUT2D eigenvalue weighted by Gasteiger charge is -2.11. The molecule has 1 heterocycles. The number of hydrogen-bond acceptors (Lipinski definition) is 5. The number of nitro groups is 1. The molecule has 0 radical (unpaired) electrons. The second-order valence-corrected chi connectivity index (χ2v) is 4.00. The van der Waals surface area contributed by atoms with Gasteiger partial charge in [-0.3, -0.25) is 10.1 Å². The minimum Gasteiger partial charge on any atom is -0.479 e. The summed E-state index contributed by atoms with van der Waals surface area (Å²) in [5.74, 6) is -1.49. The maximum atomic E-state index is 10.8. The quantitative estimate of drug-likeness (QED) is 0.659. The van der Waals surface area contributed by atoms with Gasteiger partial charge >= 0.3 is 11.7 Å². The Morgan fingerprint density at radius 3 is 2.88 bits per heavy atom. The number of ether oxygens (including phenoxy) is 1. The number of carbonyl (C=O) groups is 1. The number of halogens is 1. The van der Waals surface area contributed by atoms with E-state index in [2.05, 4.69) is 20.9 Å². The lowest BCUT2D eigenvalue weighted by molar-refractivity contribution is -0.386. The van der Waals surface area contributed by atoms with E-state index in [9.17, 15) is 14.9 Å². The van der Waals surface area contributed by atoms with E-state index < -0.39 is 17.0 Å². The summed E-state index contributed by atoms with van der Waals surface area (Å²) in [6, 6.07) is 1.21. The molecule has 7 nitrogen and oxygen atoms in total. The molecular weight excluding hydrogens is 296 g/mol. The van der Waals surface area contributed by atoms with Crippen LogP contribution in [-0.2, 0) is 4.79 Å². The standard InChI is InChI=1S/C9H9BrN2O5/c1-2-7(9(13)14)17-8-6(12(15)16)3-5(10)4-11-8/h3-4,7H,2H2,1H3,(H,13,14). The van der Waals surface area contributed by atoms with Gasteiger partial charge < -0.3 is 9.84 Å². The van der Waals surface area contributed by atoms with E-state index in [0.717, 1.165) is 0 Å². The van der Waals surface area contributed by atoms with E-state index >= 15 is 0 Å². The van der Waals surface area contributed by atoms with Crippen LogP contribution in [-0.4, -0.2) is 27.1 Å². The summed E-state index contributed by atoms with van der Waals surface area (Å²) >= 11 is 3.04. The first-order valence-corrected chi connectivity index (χ1v) is 5.44. The van der Waals surface area contributed by atoms with Crippen molar-refractivity contribution in [3.05, 3.63) is 26.9 Å². The maximum Gasteiger partial charge on any atom is 0.344 e. The largest absolute Gasteiger partial charge is 0.479 e. The Bertz CT molecular complexity index is 451. The first-order valence-electron chi connectivity index (χ1n) is 4.65. The number of aliphatic carboxylic acids is 1. The monoisotopic (exact) mass is 304 g/mol. The molecule has 92 valence electrons. The average Bonchev–Trinajstić information content (AvgIpc) is 2.26. The van der Waals surface area contributed by atoms with Crippen molar-refractivity contribution in [2.75, 3.05) is 0 Å². The highest BCUT2D eigenvalue weighted by Gasteiger charge is 2.24. The van der Waals surface area contributed by atoms with Crippen LogP contribution < -0.4 is 4.74 Å². The maximum absolute atomic E-state index is 10.8. The van der Waals surface area contributed by atoms with E-state index in [0.29, 0.717) is 4.47 Å². The Labute approximate surface area is 105 Å². The highest BCUT2D eigenvalue weighted by atomic mass is 79.9. The lowest BCUT2D eigenvalue weighted by Crippen LogP contribution is -2.26. The molecule has 1 unspecified atom stereocenters. The third-order valence-corrected chi connectivity index (χ3v) is 2.33. The van der Waals surface area contributed by atoms with E-state index in [1.54, 1.807) is 6.92 Å². The molecule has 0 bridgehead atoms. The van der Waals surface area contributed by atoms with Gasteiger partial charge in [0.15, 0.2) is 6.10 Å². The molecule has 0 aliphatic heterocycles. The number of hydrogen-bond donors (Lipinski definition) is 1. The number of nitrogens with zero attached hydrogens (tertiary/aromatic N) is 2. The van der Waals surface area contributed by atoms with Crippen molar-refractivity contribution in [3.63, 3.8) is 0 Å². The predicted octanol–water partition coefficient (Wildman–Crippen LogP) is 1.99. The first kappa shape index (κ1) is 13.4. The van der Waals surface area contributed by atoms with Gasteiger partial charge in [0.1, 0.15) is 0 Å². The van der Waals surface area contributed by atoms with Crippen LogP contribution in [0.1, 0.15) is 13.3 Å². The van der Waals surface area contributed by atoms with Crippen molar-refractivity contribution >= 4 is 27.6 Å². The normalized spacial score (nSPS) is 11.9. The topological polar surface area (TPSA) is 103 Å². The molecule has 0 aliphatic carbocycles. The summed E-state index contributed by atoms with van der Waals surface area (Å²) in [7, 11) is 0. The minimum atomic E-state index is -1.19. The Hall–Kier alpha value is -1.70. The number of carboxylic acid groups (broad SMARTS) is 1. The first-order chi connectivity index (χ1) is 7.95. The van der Waals surface area contributed by atoms with Crippen molar-refractivity contribution in [1.29, 1.82) is 0 Å². The van der Waals surface area contributed by atoms with Gasteiger partial charge in [-0.2, -0.15) is 0 Å². The van der Waals surface area contributed by atoms with Crippen LogP contribution in [0.5, 0.6) is 5.88 Å². The smallest absolute Gasteiger partial charge is 0.344 e. The molecule has 8 heteroatoms. The second kappa shape index (κ2) is 5.58. The summed E-state index contributed by atoms with van der Waals surface area (Å²) < 4.78 is 5.42. The number of rotatable bonds is 5. The van der Waals surface area contributed by atoms with E-state index in [4.69, 9.17) is 9.84 Å². The van der Waals surface area contributed by atoms with Crippen molar-refractivity contribution in [3.8, 4) is 5.88 Å². The molecule has 0 aromatic carbocycles. The van der Waals surface area contributed by atoms with Gasteiger partial charge in [0.05, 0.1) is 4.92 Å². The molecule has 17 heavy (non-hydrogen) atoms. The molecule has 1 atom stereocenters. The molecule has 0 fully saturated rings. The van der Waals surface area contributed by atoms with Gasteiger partial charge in [0.25, 0.3) is 5.88 Å². The molecule has 0 aliphatic rings. The van der Waals surface area contributed by atoms with Gasteiger partial charge in [0, 0.05) is 16.7 Å². The summed E-state index contributed by atoms with van der Waals surface area (Å²) in [6.45, 7) is 1.60. The third-order valence-electron chi connectivity index (χ3n) is 1.90. The van der Waals surface area contributed by atoms with Crippen molar-refractivity contribution in [2.24, 2.45) is 0 Å². The number of pyridine rings is 1. The summed E-state index contributed by atoms with van der Waals surface area (Å²) in [6.07, 6.45) is 0.337. The zero-order chi connectivity index (χ0) is 13.0. The van der Waals surface area contributed by atoms with Crippen LogP contribution in [0.3, 0.4) is 0 Å². The molecule has 0 spiro atoms. The van der Waals surface area contributed by atoms with E-state index in [1.165, 1.54) is 12.3 Å². The summed E-state index contributed by atoms with van der Waals surface area (Å²) in [4.78, 5) is 24.5. The second-order valence-electron chi connectivity index (χ2n) is 3.09. The average molecular weight is 305 g/mol. The molecule has 1 aromatic heterocycles. The van der Waals surface area contributed by atoms with E-state index in [1.807, 2.05) is 0 Å². The van der Waals surface area contributed by atoms with Gasteiger partial charge in [-0.25, -0.2) is 9.78 Å². The van der Waals surface area contributed by atoms with Crippen LogP contribution >= 0.6 is 15.9 Å². The zero-order valence-corrected chi connectivity index (χ0v) is 10.4. The fraction of sp³-hybridized carbons (Fsp3) is 0.333. The van der Waals surface area contributed by atoms with Crippen LogP contribution in [0.15, 0.2) is 16.7 Å².